The molecule has 1 aromatic rings. The van der Waals surface area contributed by atoms with Crippen LogP contribution in [0.3, 0.4) is 0 Å². The lowest BCUT2D eigenvalue weighted by molar-refractivity contribution is -0.115. The molecule has 0 spiro atoms. The van der Waals surface area contributed by atoms with E-state index < -0.39 is 0 Å². The molecule has 1 aromatic carbocycles. The van der Waals surface area contributed by atoms with Gasteiger partial charge in [-0.05, 0) is 38.1 Å². The van der Waals surface area contributed by atoms with Crippen LogP contribution in [-0.2, 0) is 11.2 Å². The van der Waals surface area contributed by atoms with Gasteiger partial charge in [-0.1, -0.05) is 19.1 Å². The van der Waals surface area contributed by atoms with E-state index in [0.717, 1.165) is 12.1 Å². The van der Waals surface area contributed by atoms with Crippen molar-refractivity contribution in [2.75, 3.05) is 12.4 Å². The summed E-state index contributed by atoms with van der Waals surface area (Å²) in [7, 11) is 1.96. The maximum atomic E-state index is 11.2. The van der Waals surface area contributed by atoms with E-state index in [2.05, 4.69) is 29.7 Å². The molecule has 3 heteroatoms. The Hall–Kier alpha value is -1.35. The van der Waals surface area contributed by atoms with Gasteiger partial charge in [-0.2, -0.15) is 0 Å². The van der Waals surface area contributed by atoms with Crippen LogP contribution >= 0.6 is 0 Å². The minimum Gasteiger partial charge on any atom is -0.326 e. The van der Waals surface area contributed by atoms with Crippen LogP contribution in [0.15, 0.2) is 24.3 Å². The largest absolute Gasteiger partial charge is 0.326 e. The van der Waals surface area contributed by atoms with E-state index in [1.165, 1.54) is 5.56 Å². The standard InChI is InChI=1S/C13H20N2O/c1-4-13(16)15-12-7-5-11(6-8-12)9-10(2)14-3/h5-8,10,14H,4,9H2,1-3H3,(H,15,16). The Morgan fingerprint density at radius 3 is 2.44 bits per heavy atom. The van der Waals surface area contributed by atoms with Gasteiger partial charge in [0.25, 0.3) is 0 Å². The first-order valence-electron chi connectivity index (χ1n) is 5.71. The molecule has 0 saturated heterocycles. The average molecular weight is 220 g/mol. The summed E-state index contributed by atoms with van der Waals surface area (Å²) in [5.74, 6) is 0.0522. The van der Waals surface area contributed by atoms with E-state index in [4.69, 9.17) is 0 Å². The number of amides is 1. The van der Waals surface area contributed by atoms with Crippen LogP contribution in [-0.4, -0.2) is 19.0 Å². The molecular weight excluding hydrogens is 200 g/mol. The molecule has 88 valence electrons. The number of likely N-dealkylation sites (N-methyl/N-ethyl adjacent to an activating group) is 1. The van der Waals surface area contributed by atoms with Crippen LogP contribution in [0.2, 0.25) is 0 Å². The van der Waals surface area contributed by atoms with Crippen molar-refractivity contribution in [1.82, 2.24) is 5.32 Å². The normalized spacial score (nSPS) is 12.2. The summed E-state index contributed by atoms with van der Waals surface area (Å²) in [4.78, 5) is 11.2. The van der Waals surface area contributed by atoms with E-state index in [9.17, 15) is 4.79 Å². The number of nitrogens with one attached hydrogen (secondary N) is 2. The third kappa shape index (κ3) is 4.03. The summed E-state index contributed by atoms with van der Waals surface area (Å²) in [5, 5.41) is 6.03. The molecule has 3 nitrogen and oxygen atoms in total. The molecule has 0 bridgehead atoms. The summed E-state index contributed by atoms with van der Waals surface area (Å²) < 4.78 is 0. The summed E-state index contributed by atoms with van der Waals surface area (Å²) in [6.45, 7) is 3.99. The number of carbonyl (C=O) groups excluding carboxylic acids is 1. The molecule has 0 fully saturated rings. The number of rotatable bonds is 5. The third-order valence-electron chi connectivity index (χ3n) is 2.59. The summed E-state index contributed by atoms with van der Waals surface area (Å²) in [6.07, 6.45) is 1.51. The fourth-order valence-electron chi connectivity index (χ4n) is 1.43. The van der Waals surface area contributed by atoms with Gasteiger partial charge < -0.3 is 10.6 Å². The van der Waals surface area contributed by atoms with Crippen molar-refractivity contribution in [2.24, 2.45) is 0 Å². The van der Waals surface area contributed by atoms with Gasteiger partial charge in [0.15, 0.2) is 0 Å². The fraction of sp³-hybridized carbons (Fsp3) is 0.462. The summed E-state index contributed by atoms with van der Waals surface area (Å²) >= 11 is 0. The van der Waals surface area contributed by atoms with Crippen LogP contribution in [0.1, 0.15) is 25.8 Å². The van der Waals surface area contributed by atoms with Gasteiger partial charge in [0, 0.05) is 18.2 Å². The maximum absolute atomic E-state index is 11.2. The molecule has 0 heterocycles. The van der Waals surface area contributed by atoms with Gasteiger partial charge in [0.1, 0.15) is 0 Å². The smallest absolute Gasteiger partial charge is 0.224 e. The highest BCUT2D eigenvalue weighted by Crippen LogP contribution is 2.11. The fourth-order valence-corrected chi connectivity index (χ4v) is 1.43. The second kappa shape index (κ2) is 6.28. The average Bonchev–Trinajstić information content (AvgIpc) is 2.31. The van der Waals surface area contributed by atoms with Crippen molar-refractivity contribution >= 4 is 11.6 Å². The van der Waals surface area contributed by atoms with Crippen molar-refractivity contribution < 1.29 is 4.79 Å². The van der Waals surface area contributed by atoms with E-state index >= 15 is 0 Å². The van der Waals surface area contributed by atoms with Crippen molar-refractivity contribution in [1.29, 1.82) is 0 Å². The third-order valence-corrected chi connectivity index (χ3v) is 2.59. The quantitative estimate of drug-likeness (QED) is 0.798. The molecule has 1 atom stereocenters. The first-order chi connectivity index (χ1) is 7.65. The highest BCUT2D eigenvalue weighted by atomic mass is 16.1. The second-order valence-electron chi connectivity index (χ2n) is 3.99. The topological polar surface area (TPSA) is 41.1 Å². The SMILES string of the molecule is CCC(=O)Nc1ccc(CC(C)NC)cc1. The minimum absolute atomic E-state index is 0.0522. The molecule has 0 aliphatic rings. The zero-order valence-electron chi connectivity index (χ0n) is 10.2. The van der Waals surface area contributed by atoms with Crippen molar-refractivity contribution in [2.45, 2.75) is 32.7 Å². The Labute approximate surface area is 97.2 Å². The Morgan fingerprint density at radius 2 is 1.94 bits per heavy atom. The minimum atomic E-state index is 0.0522. The van der Waals surface area contributed by atoms with E-state index in [1.807, 2.05) is 26.1 Å². The lowest BCUT2D eigenvalue weighted by Gasteiger charge is -2.10. The van der Waals surface area contributed by atoms with Gasteiger partial charge in [-0.15, -0.1) is 0 Å². The molecule has 0 radical (unpaired) electrons. The molecule has 0 aliphatic heterocycles. The zero-order valence-corrected chi connectivity index (χ0v) is 10.2. The van der Waals surface area contributed by atoms with Gasteiger partial charge in [-0.3, -0.25) is 4.79 Å². The van der Waals surface area contributed by atoms with Crippen LogP contribution in [0.4, 0.5) is 5.69 Å². The first-order valence-corrected chi connectivity index (χ1v) is 5.71. The predicted octanol–water partition coefficient (Wildman–Crippen LogP) is 2.19. The van der Waals surface area contributed by atoms with E-state index in [0.29, 0.717) is 12.5 Å². The van der Waals surface area contributed by atoms with Crippen molar-refractivity contribution in [3.8, 4) is 0 Å². The number of benzene rings is 1. The molecule has 0 aliphatic carbocycles. The summed E-state index contributed by atoms with van der Waals surface area (Å²) in [6, 6.07) is 8.48. The van der Waals surface area contributed by atoms with E-state index in [1.54, 1.807) is 0 Å². The molecule has 1 rings (SSSR count). The van der Waals surface area contributed by atoms with Gasteiger partial charge >= 0.3 is 0 Å². The van der Waals surface area contributed by atoms with Crippen LogP contribution < -0.4 is 10.6 Å². The molecule has 2 N–H and O–H groups in total. The zero-order chi connectivity index (χ0) is 12.0. The Morgan fingerprint density at radius 1 is 1.31 bits per heavy atom. The molecule has 1 amide bonds. The predicted molar refractivity (Wildman–Crippen MR) is 67.6 cm³/mol. The molecule has 16 heavy (non-hydrogen) atoms. The van der Waals surface area contributed by atoms with Gasteiger partial charge in [0.05, 0.1) is 0 Å². The van der Waals surface area contributed by atoms with Crippen LogP contribution in [0.25, 0.3) is 0 Å². The van der Waals surface area contributed by atoms with Gasteiger partial charge in [0.2, 0.25) is 5.91 Å². The maximum Gasteiger partial charge on any atom is 0.224 e. The Balaban J connectivity index is 2.57. The Bertz CT molecular complexity index is 332. The Kier molecular flexibility index (Phi) is 4.99. The highest BCUT2D eigenvalue weighted by Gasteiger charge is 2.02. The lowest BCUT2D eigenvalue weighted by Crippen LogP contribution is -2.23. The van der Waals surface area contributed by atoms with Crippen molar-refractivity contribution in [3.05, 3.63) is 29.8 Å². The van der Waals surface area contributed by atoms with Crippen LogP contribution in [0, 0.1) is 0 Å². The molecular formula is C13H20N2O. The van der Waals surface area contributed by atoms with E-state index in [-0.39, 0.29) is 5.91 Å². The second-order valence-corrected chi connectivity index (χ2v) is 3.99. The number of hydrogen-bond donors (Lipinski definition) is 2. The number of anilines is 1. The number of hydrogen-bond acceptors (Lipinski definition) is 2. The van der Waals surface area contributed by atoms with Crippen molar-refractivity contribution in [3.63, 3.8) is 0 Å². The highest BCUT2D eigenvalue weighted by molar-refractivity contribution is 5.90. The molecule has 1 unspecified atom stereocenters. The van der Waals surface area contributed by atoms with Crippen LogP contribution in [0.5, 0.6) is 0 Å². The molecule has 0 aromatic heterocycles. The summed E-state index contributed by atoms with van der Waals surface area (Å²) in [5.41, 5.74) is 2.14. The molecule has 0 saturated carbocycles. The first kappa shape index (κ1) is 12.7. The van der Waals surface area contributed by atoms with Gasteiger partial charge in [-0.25, -0.2) is 0 Å². The number of carbonyl (C=O) groups is 1. The lowest BCUT2D eigenvalue weighted by atomic mass is 10.1. The monoisotopic (exact) mass is 220 g/mol.